The van der Waals surface area contributed by atoms with E-state index in [1.54, 1.807) is 6.92 Å². The summed E-state index contributed by atoms with van der Waals surface area (Å²) in [7, 11) is 0. The van der Waals surface area contributed by atoms with Gasteiger partial charge in [0.2, 0.25) is 5.91 Å². The maximum Gasteiger partial charge on any atom is 0.279 e. The highest BCUT2D eigenvalue weighted by atomic mass is 19.1. The molecule has 0 fully saturated rings. The van der Waals surface area contributed by atoms with Gasteiger partial charge >= 0.3 is 0 Å². The standard InChI is InChI=1S/C15H21FN2O3/c1-10(2)4-9-14(19)17-18-15(20)11(3)21-13-7-5-12(16)6-8-13/h5-8,10-11H,4,9H2,1-3H3,(H,17,19)(H,18,20). The van der Waals surface area contributed by atoms with E-state index in [1.807, 2.05) is 13.8 Å². The number of ether oxygens (including phenoxy) is 1. The molecule has 0 aliphatic heterocycles. The third-order valence-corrected chi connectivity index (χ3v) is 2.77. The molecule has 21 heavy (non-hydrogen) atoms. The van der Waals surface area contributed by atoms with E-state index in [2.05, 4.69) is 10.9 Å². The Labute approximate surface area is 123 Å². The van der Waals surface area contributed by atoms with Crippen LogP contribution in [0.3, 0.4) is 0 Å². The molecule has 2 N–H and O–H groups in total. The first-order chi connectivity index (χ1) is 9.88. The second kappa shape index (κ2) is 8.24. The number of carbonyl (C=O) groups is 2. The molecule has 1 aromatic carbocycles. The van der Waals surface area contributed by atoms with Crippen molar-refractivity contribution in [1.29, 1.82) is 0 Å². The maximum absolute atomic E-state index is 12.7. The first kappa shape index (κ1) is 16.9. The molecular formula is C15H21FN2O3. The zero-order chi connectivity index (χ0) is 15.8. The van der Waals surface area contributed by atoms with Crippen molar-refractivity contribution in [3.63, 3.8) is 0 Å². The van der Waals surface area contributed by atoms with Crippen molar-refractivity contribution in [3.05, 3.63) is 30.1 Å². The first-order valence-corrected chi connectivity index (χ1v) is 6.89. The molecule has 0 aliphatic carbocycles. The third kappa shape index (κ3) is 6.74. The van der Waals surface area contributed by atoms with Crippen LogP contribution in [-0.4, -0.2) is 17.9 Å². The molecule has 0 bridgehead atoms. The van der Waals surface area contributed by atoms with E-state index >= 15 is 0 Å². The van der Waals surface area contributed by atoms with Gasteiger partial charge in [-0.15, -0.1) is 0 Å². The average Bonchev–Trinajstić information content (AvgIpc) is 2.44. The Bertz CT molecular complexity index is 474. The molecule has 0 saturated carbocycles. The number of benzene rings is 1. The molecule has 1 atom stereocenters. The van der Waals surface area contributed by atoms with Crippen LogP contribution in [0.4, 0.5) is 4.39 Å². The predicted octanol–water partition coefficient (Wildman–Crippen LogP) is 2.18. The topological polar surface area (TPSA) is 67.4 Å². The second-order valence-electron chi connectivity index (χ2n) is 5.18. The van der Waals surface area contributed by atoms with Crippen molar-refractivity contribution in [1.82, 2.24) is 10.9 Å². The summed E-state index contributed by atoms with van der Waals surface area (Å²) in [5.41, 5.74) is 4.64. The van der Waals surface area contributed by atoms with E-state index in [-0.39, 0.29) is 11.7 Å². The zero-order valence-corrected chi connectivity index (χ0v) is 12.5. The lowest BCUT2D eigenvalue weighted by atomic mass is 10.1. The van der Waals surface area contributed by atoms with E-state index in [1.165, 1.54) is 24.3 Å². The predicted molar refractivity (Wildman–Crippen MR) is 76.8 cm³/mol. The maximum atomic E-state index is 12.7. The first-order valence-electron chi connectivity index (χ1n) is 6.89. The fourth-order valence-corrected chi connectivity index (χ4v) is 1.49. The van der Waals surface area contributed by atoms with E-state index in [4.69, 9.17) is 4.74 Å². The van der Waals surface area contributed by atoms with Crippen molar-refractivity contribution in [2.45, 2.75) is 39.7 Å². The highest BCUT2D eigenvalue weighted by Crippen LogP contribution is 2.12. The Kier molecular flexibility index (Phi) is 6.65. The third-order valence-electron chi connectivity index (χ3n) is 2.77. The molecular weight excluding hydrogens is 275 g/mol. The summed E-state index contributed by atoms with van der Waals surface area (Å²) in [5.74, 6) is -0.294. The number of hydrogen-bond donors (Lipinski definition) is 2. The lowest BCUT2D eigenvalue weighted by Crippen LogP contribution is -2.47. The second-order valence-corrected chi connectivity index (χ2v) is 5.18. The van der Waals surface area contributed by atoms with Gasteiger partial charge < -0.3 is 4.74 Å². The van der Waals surface area contributed by atoms with Crippen molar-refractivity contribution in [3.8, 4) is 5.75 Å². The highest BCUT2D eigenvalue weighted by Gasteiger charge is 2.15. The van der Waals surface area contributed by atoms with Crippen molar-refractivity contribution in [2.24, 2.45) is 5.92 Å². The number of rotatable bonds is 6. The van der Waals surface area contributed by atoms with Gasteiger partial charge in [0, 0.05) is 6.42 Å². The summed E-state index contributed by atoms with van der Waals surface area (Å²) in [4.78, 5) is 23.2. The van der Waals surface area contributed by atoms with Crippen LogP contribution in [0.2, 0.25) is 0 Å². The smallest absolute Gasteiger partial charge is 0.279 e. The Morgan fingerprint density at radius 2 is 1.76 bits per heavy atom. The van der Waals surface area contributed by atoms with Crippen molar-refractivity contribution in [2.75, 3.05) is 0 Å². The van der Waals surface area contributed by atoms with Gasteiger partial charge in [0.15, 0.2) is 6.10 Å². The van der Waals surface area contributed by atoms with E-state index in [0.717, 1.165) is 6.42 Å². The molecule has 0 saturated heterocycles. The van der Waals surface area contributed by atoms with Gasteiger partial charge in [0.25, 0.3) is 5.91 Å². The monoisotopic (exact) mass is 296 g/mol. The fraction of sp³-hybridized carbons (Fsp3) is 0.467. The number of nitrogens with one attached hydrogen (secondary N) is 2. The minimum Gasteiger partial charge on any atom is -0.481 e. The summed E-state index contributed by atoms with van der Waals surface area (Å²) in [5, 5.41) is 0. The van der Waals surface area contributed by atoms with Crippen LogP contribution in [-0.2, 0) is 9.59 Å². The van der Waals surface area contributed by atoms with Crippen LogP contribution in [0.15, 0.2) is 24.3 Å². The van der Waals surface area contributed by atoms with Gasteiger partial charge in [-0.2, -0.15) is 0 Å². The summed E-state index contributed by atoms with van der Waals surface area (Å²) >= 11 is 0. The number of amides is 2. The Morgan fingerprint density at radius 1 is 1.14 bits per heavy atom. The minimum atomic E-state index is -0.805. The van der Waals surface area contributed by atoms with E-state index in [0.29, 0.717) is 18.1 Å². The largest absolute Gasteiger partial charge is 0.481 e. The van der Waals surface area contributed by atoms with E-state index in [9.17, 15) is 14.0 Å². The molecule has 6 heteroatoms. The summed E-state index contributed by atoms with van der Waals surface area (Å²) in [6, 6.07) is 5.35. The molecule has 0 spiro atoms. The van der Waals surface area contributed by atoms with Gasteiger partial charge in [-0.05, 0) is 43.5 Å². The number of hydrazine groups is 1. The van der Waals surface area contributed by atoms with Crippen LogP contribution in [0, 0.1) is 11.7 Å². The summed E-state index contributed by atoms with van der Waals surface area (Å²) < 4.78 is 18.1. The van der Waals surface area contributed by atoms with Crippen LogP contribution < -0.4 is 15.6 Å². The number of halogens is 1. The number of carbonyl (C=O) groups excluding carboxylic acids is 2. The Balaban J connectivity index is 2.34. The van der Waals surface area contributed by atoms with E-state index < -0.39 is 12.0 Å². The Hall–Kier alpha value is -2.11. The molecule has 2 amide bonds. The quantitative estimate of drug-likeness (QED) is 0.791. The normalized spacial score (nSPS) is 11.9. The lowest BCUT2D eigenvalue weighted by Gasteiger charge is -2.15. The van der Waals surface area contributed by atoms with Crippen molar-refractivity contribution >= 4 is 11.8 Å². The fourth-order valence-electron chi connectivity index (χ4n) is 1.49. The molecule has 0 aromatic heterocycles. The van der Waals surface area contributed by atoms with Crippen LogP contribution in [0.1, 0.15) is 33.6 Å². The van der Waals surface area contributed by atoms with Gasteiger partial charge in [-0.1, -0.05) is 13.8 Å². The molecule has 1 unspecified atom stereocenters. The zero-order valence-electron chi connectivity index (χ0n) is 12.5. The molecule has 0 radical (unpaired) electrons. The minimum absolute atomic E-state index is 0.244. The average molecular weight is 296 g/mol. The molecule has 116 valence electrons. The van der Waals surface area contributed by atoms with Crippen LogP contribution >= 0.6 is 0 Å². The van der Waals surface area contributed by atoms with Crippen LogP contribution in [0.25, 0.3) is 0 Å². The van der Waals surface area contributed by atoms with Gasteiger partial charge in [0.05, 0.1) is 0 Å². The Morgan fingerprint density at radius 3 is 2.33 bits per heavy atom. The van der Waals surface area contributed by atoms with Crippen molar-refractivity contribution < 1.29 is 18.7 Å². The van der Waals surface area contributed by atoms with Crippen LogP contribution in [0.5, 0.6) is 5.75 Å². The lowest BCUT2D eigenvalue weighted by molar-refractivity contribution is -0.132. The number of hydrogen-bond acceptors (Lipinski definition) is 3. The molecule has 0 aliphatic rings. The molecule has 1 rings (SSSR count). The molecule has 5 nitrogen and oxygen atoms in total. The van der Waals surface area contributed by atoms with Gasteiger partial charge in [-0.25, -0.2) is 4.39 Å². The summed E-state index contributed by atoms with van der Waals surface area (Å²) in [6.45, 7) is 5.58. The molecule has 0 heterocycles. The van der Waals surface area contributed by atoms with Gasteiger partial charge in [-0.3, -0.25) is 20.4 Å². The highest BCUT2D eigenvalue weighted by molar-refractivity contribution is 5.84. The van der Waals surface area contributed by atoms with Gasteiger partial charge in [0.1, 0.15) is 11.6 Å². The SMILES string of the molecule is CC(C)CCC(=O)NNC(=O)C(C)Oc1ccc(F)cc1. The molecule has 1 aromatic rings. The summed E-state index contributed by atoms with van der Waals surface area (Å²) in [6.07, 6.45) is 0.301.